The third-order valence-corrected chi connectivity index (χ3v) is 6.09. The van der Waals surface area contributed by atoms with Crippen LogP contribution in [0.1, 0.15) is 24.0 Å². The van der Waals surface area contributed by atoms with Crippen molar-refractivity contribution < 1.29 is 19.1 Å². The van der Waals surface area contributed by atoms with Gasteiger partial charge in [-0.15, -0.1) is 0 Å². The van der Waals surface area contributed by atoms with Crippen LogP contribution in [-0.2, 0) is 20.7 Å². The topological polar surface area (TPSA) is 59.1 Å². The zero-order valence-electron chi connectivity index (χ0n) is 17.0. The number of hydrogen-bond acceptors (Lipinski definition) is 5. The summed E-state index contributed by atoms with van der Waals surface area (Å²) in [6.45, 7) is 1.67. The van der Waals surface area contributed by atoms with Crippen LogP contribution in [0.4, 0.5) is 5.69 Å². The van der Waals surface area contributed by atoms with Crippen molar-refractivity contribution in [3.8, 4) is 5.75 Å². The van der Waals surface area contributed by atoms with Gasteiger partial charge >= 0.3 is 0 Å². The Balaban J connectivity index is 1.58. The summed E-state index contributed by atoms with van der Waals surface area (Å²) in [7, 11) is 1.61. The second kappa shape index (κ2) is 7.61. The number of fused-ring (bicyclic) bond motifs is 1. The van der Waals surface area contributed by atoms with Crippen LogP contribution in [0.2, 0.25) is 0 Å². The van der Waals surface area contributed by atoms with Crippen molar-refractivity contribution in [2.75, 3.05) is 31.7 Å². The number of amides is 2. The lowest BCUT2D eigenvalue weighted by molar-refractivity contribution is -0.138. The van der Waals surface area contributed by atoms with E-state index in [1.807, 2.05) is 47.4 Å². The smallest absolute Gasteiger partial charge is 0.278 e. The van der Waals surface area contributed by atoms with Gasteiger partial charge in [-0.05, 0) is 48.6 Å². The summed E-state index contributed by atoms with van der Waals surface area (Å²) in [5.74, 6) is 0.221. The molecule has 0 N–H and O–H groups in total. The molecule has 1 unspecified atom stereocenters. The van der Waals surface area contributed by atoms with Crippen LogP contribution < -0.4 is 9.64 Å². The predicted molar refractivity (Wildman–Crippen MR) is 113 cm³/mol. The minimum Gasteiger partial charge on any atom is -0.497 e. The maximum atomic E-state index is 13.5. The Kier molecular flexibility index (Phi) is 4.79. The molecule has 0 saturated carbocycles. The molecule has 2 aromatic rings. The average molecular weight is 404 g/mol. The van der Waals surface area contributed by atoms with Gasteiger partial charge in [0, 0.05) is 18.8 Å². The average Bonchev–Trinajstić information content (AvgIpc) is 3.49. The summed E-state index contributed by atoms with van der Waals surface area (Å²) in [4.78, 5) is 30.4. The number of rotatable bonds is 5. The predicted octanol–water partition coefficient (Wildman–Crippen LogP) is 3.02. The zero-order chi connectivity index (χ0) is 20.7. The highest BCUT2D eigenvalue weighted by atomic mass is 16.5. The van der Waals surface area contributed by atoms with Crippen molar-refractivity contribution in [3.05, 3.63) is 65.4 Å². The first kappa shape index (κ1) is 18.9. The molecule has 1 fully saturated rings. The summed E-state index contributed by atoms with van der Waals surface area (Å²) in [5.41, 5.74) is 3.84. The maximum Gasteiger partial charge on any atom is 0.278 e. The van der Waals surface area contributed by atoms with Crippen LogP contribution >= 0.6 is 0 Å². The highest BCUT2D eigenvalue weighted by Crippen LogP contribution is 2.39. The molecule has 2 aromatic carbocycles. The number of anilines is 1. The maximum absolute atomic E-state index is 13.5. The van der Waals surface area contributed by atoms with Crippen LogP contribution in [0.25, 0.3) is 5.57 Å². The Hall–Kier alpha value is -3.12. The Morgan fingerprint density at radius 2 is 1.87 bits per heavy atom. The van der Waals surface area contributed by atoms with Crippen molar-refractivity contribution >= 4 is 23.1 Å². The van der Waals surface area contributed by atoms with Crippen molar-refractivity contribution in [2.24, 2.45) is 0 Å². The second-order valence-electron chi connectivity index (χ2n) is 7.84. The fourth-order valence-corrected chi connectivity index (χ4v) is 4.56. The molecule has 5 rings (SSSR count). The molecule has 0 radical (unpaired) electrons. The summed E-state index contributed by atoms with van der Waals surface area (Å²) in [5, 5.41) is 0. The number of ether oxygens (including phenoxy) is 2. The number of methoxy groups -OCH3 is 1. The van der Waals surface area contributed by atoms with E-state index in [2.05, 4.69) is 6.07 Å². The van der Waals surface area contributed by atoms with E-state index >= 15 is 0 Å². The van der Waals surface area contributed by atoms with E-state index in [1.165, 1.54) is 10.5 Å². The lowest BCUT2D eigenvalue weighted by Gasteiger charge is -2.23. The number of carbonyl (C=O) groups is 2. The minimum atomic E-state index is -0.250. The quantitative estimate of drug-likeness (QED) is 0.717. The van der Waals surface area contributed by atoms with Gasteiger partial charge in [-0.25, -0.2) is 0 Å². The first-order valence-electron chi connectivity index (χ1n) is 10.4. The van der Waals surface area contributed by atoms with Gasteiger partial charge in [-0.1, -0.05) is 30.3 Å². The van der Waals surface area contributed by atoms with Gasteiger partial charge in [-0.2, -0.15) is 0 Å². The van der Waals surface area contributed by atoms with Gasteiger partial charge in [0.15, 0.2) is 0 Å². The molecule has 6 nitrogen and oxygen atoms in total. The van der Waals surface area contributed by atoms with Gasteiger partial charge in [0.05, 0.1) is 25.3 Å². The first-order valence-corrected chi connectivity index (χ1v) is 10.4. The molecule has 0 bridgehead atoms. The monoisotopic (exact) mass is 404 g/mol. The molecule has 1 atom stereocenters. The number of nitrogens with zero attached hydrogens (tertiary/aromatic N) is 2. The van der Waals surface area contributed by atoms with Crippen molar-refractivity contribution in [3.63, 3.8) is 0 Å². The lowest BCUT2D eigenvalue weighted by atomic mass is 10.0. The molecule has 0 aliphatic carbocycles. The highest BCUT2D eigenvalue weighted by molar-refractivity contribution is 6.36. The number of carbonyl (C=O) groups excluding carboxylic acids is 2. The van der Waals surface area contributed by atoms with E-state index in [1.54, 1.807) is 7.11 Å². The summed E-state index contributed by atoms with van der Waals surface area (Å²) >= 11 is 0. The normalized spacial score (nSPS) is 21.0. The Morgan fingerprint density at radius 1 is 1.07 bits per heavy atom. The zero-order valence-corrected chi connectivity index (χ0v) is 17.0. The molecular weight excluding hydrogens is 380 g/mol. The molecule has 0 aromatic heterocycles. The van der Waals surface area contributed by atoms with E-state index in [4.69, 9.17) is 9.47 Å². The van der Waals surface area contributed by atoms with Crippen LogP contribution in [-0.4, -0.2) is 49.6 Å². The summed E-state index contributed by atoms with van der Waals surface area (Å²) < 4.78 is 11.0. The van der Waals surface area contributed by atoms with E-state index in [0.717, 1.165) is 30.5 Å². The first-order chi connectivity index (χ1) is 14.7. The summed E-state index contributed by atoms with van der Waals surface area (Å²) in [6, 6.07) is 15.4. The molecule has 2 amide bonds. The van der Waals surface area contributed by atoms with Crippen LogP contribution in [0.3, 0.4) is 0 Å². The third kappa shape index (κ3) is 3.08. The van der Waals surface area contributed by atoms with Crippen molar-refractivity contribution in [2.45, 2.75) is 25.4 Å². The van der Waals surface area contributed by atoms with Crippen LogP contribution in [0, 0.1) is 0 Å². The van der Waals surface area contributed by atoms with Crippen LogP contribution in [0.5, 0.6) is 5.75 Å². The van der Waals surface area contributed by atoms with Gasteiger partial charge in [-0.3, -0.25) is 14.5 Å². The number of para-hydroxylation sites is 1. The van der Waals surface area contributed by atoms with Gasteiger partial charge in [0.2, 0.25) is 0 Å². The largest absolute Gasteiger partial charge is 0.497 e. The molecule has 0 spiro atoms. The van der Waals surface area contributed by atoms with E-state index in [9.17, 15) is 9.59 Å². The standard InChI is InChI=1S/C24H24N2O4/c1-29-18-10-8-17(9-11-18)21-22(25-13-12-16-5-2-3-7-20(16)25)24(28)26(23(21)27)15-19-6-4-14-30-19/h2-3,5,7-11,19H,4,6,12-15H2,1H3. The SMILES string of the molecule is COc1ccc(C2=C(N3CCc4ccccc43)C(=O)N(CC3CCCO3)C2=O)cc1. The van der Waals surface area contributed by atoms with Gasteiger partial charge in [0.25, 0.3) is 11.8 Å². The molecule has 6 heteroatoms. The Labute approximate surface area is 175 Å². The second-order valence-corrected chi connectivity index (χ2v) is 7.84. The van der Waals surface area contributed by atoms with E-state index in [0.29, 0.717) is 36.7 Å². The number of hydrogen-bond donors (Lipinski definition) is 0. The molecule has 3 aliphatic rings. The Bertz CT molecular complexity index is 1020. The van der Waals surface area contributed by atoms with E-state index < -0.39 is 0 Å². The fourth-order valence-electron chi connectivity index (χ4n) is 4.56. The molecular formula is C24H24N2O4. The third-order valence-electron chi connectivity index (χ3n) is 6.09. The summed E-state index contributed by atoms with van der Waals surface area (Å²) in [6.07, 6.45) is 2.60. The highest BCUT2D eigenvalue weighted by Gasteiger charge is 2.44. The van der Waals surface area contributed by atoms with Crippen molar-refractivity contribution in [1.29, 1.82) is 0 Å². The molecule has 154 valence electrons. The minimum absolute atomic E-state index is 0.0831. The molecule has 3 heterocycles. The lowest BCUT2D eigenvalue weighted by Crippen LogP contribution is -2.39. The van der Waals surface area contributed by atoms with Gasteiger partial charge < -0.3 is 14.4 Å². The molecule has 1 saturated heterocycles. The molecule has 30 heavy (non-hydrogen) atoms. The number of imide groups is 1. The Morgan fingerprint density at radius 3 is 2.60 bits per heavy atom. The van der Waals surface area contributed by atoms with Gasteiger partial charge in [0.1, 0.15) is 11.4 Å². The number of benzene rings is 2. The van der Waals surface area contributed by atoms with Crippen molar-refractivity contribution in [1.82, 2.24) is 4.90 Å². The van der Waals surface area contributed by atoms with E-state index in [-0.39, 0.29) is 17.9 Å². The van der Waals surface area contributed by atoms with Crippen LogP contribution in [0.15, 0.2) is 54.2 Å². The fraction of sp³-hybridized carbons (Fsp3) is 0.333. The molecule has 3 aliphatic heterocycles.